The lowest BCUT2D eigenvalue weighted by molar-refractivity contribution is -0.150. The van der Waals surface area contributed by atoms with Crippen LogP contribution in [0.2, 0.25) is 0 Å². The number of rotatable bonds is 3. The molecule has 144 valence electrons. The van der Waals surface area contributed by atoms with Gasteiger partial charge in [-0.05, 0) is 12.8 Å². The number of anilines is 1. The third-order valence-corrected chi connectivity index (χ3v) is 6.11. The van der Waals surface area contributed by atoms with Crippen LogP contribution in [-0.4, -0.2) is 82.8 Å². The van der Waals surface area contributed by atoms with Gasteiger partial charge in [0.15, 0.2) is 11.5 Å². The topological polar surface area (TPSA) is 96.5 Å². The number of carbonyl (C=O) groups is 1. The van der Waals surface area contributed by atoms with Gasteiger partial charge in [-0.1, -0.05) is 0 Å². The van der Waals surface area contributed by atoms with Crippen LogP contribution in [0, 0.1) is 5.41 Å². The molecular formula is C18H24N6O3. The Morgan fingerprint density at radius 1 is 1.15 bits per heavy atom. The quantitative estimate of drug-likeness (QED) is 0.782. The van der Waals surface area contributed by atoms with Crippen molar-refractivity contribution in [2.75, 3.05) is 50.8 Å². The van der Waals surface area contributed by atoms with Gasteiger partial charge in [-0.3, -0.25) is 9.69 Å². The number of carbonyl (C=O) groups excluding carboxylic acids is 1. The number of aromatic nitrogens is 4. The Labute approximate surface area is 157 Å². The second-order valence-electron chi connectivity index (χ2n) is 7.71. The Morgan fingerprint density at radius 2 is 1.96 bits per heavy atom. The van der Waals surface area contributed by atoms with Crippen molar-refractivity contribution in [3.8, 4) is 0 Å². The molecule has 3 aliphatic heterocycles. The standard InChI is InChI=1S/C18H24N6O3/c25-17-18(9-13(27-17)10-23-5-7-26-8-6-23)1-3-24(4-2-18)16-14-15(20-11-19-14)21-12-22-16/h11-13H,1-10H2,(H,19,20,21,22). The van der Waals surface area contributed by atoms with Crippen molar-refractivity contribution in [1.82, 2.24) is 24.8 Å². The predicted molar refractivity (Wildman–Crippen MR) is 97.3 cm³/mol. The van der Waals surface area contributed by atoms with Crippen molar-refractivity contribution in [3.05, 3.63) is 12.7 Å². The summed E-state index contributed by atoms with van der Waals surface area (Å²) in [4.78, 5) is 33.2. The first kappa shape index (κ1) is 16.9. The second kappa shape index (κ2) is 6.72. The highest BCUT2D eigenvalue weighted by atomic mass is 16.6. The number of piperidine rings is 1. The van der Waals surface area contributed by atoms with Gasteiger partial charge in [-0.25, -0.2) is 15.0 Å². The van der Waals surface area contributed by atoms with Crippen molar-refractivity contribution >= 4 is 23.0 Å². The molecule has 0 saturated carbocycles. The summed E-state index contributed by atoms with van der Waals surface area (Å²) in [7, 11) is 0. The van der Waals surface area contributed by atoms with E-state index in [2.05, 4.69) is 29.7 Å². The van der Waals surface area contributed by atoms with E-state index < -0.39 is 0 Å². The molecule has 9 nitrogen and oxygen atoms in total. The van der Waals surface area contributed by atoms with Gasteiger partial charge in [-0.2, -0.15) is 0 Å². The summed E-state index contributed by atoms with van der Waals surface area (Å²) in [6, 6.07) is 0. The van der Waals surface area contributed by atoms with Crippen molar-refractivity contribution in [3.63, 3.8) is 0 Å². The molecule has 5 rings (SSSR count). The van der Waals surface area contributed by atoms with E-state index in [4.69, 9.17) is 9.47 Å². The van der Waals surface area contributed by atoms with E-state index in [9.17, 15) is 4.79 Å². The van der Waals surface area contributed by atoms with Crippen molar-refractivity contribution in [2.24, 2.45) is 5.41 Å². The minimum Gasteiger partial charge on any atom is -0.461 e. The average Bonchev–Trinajstić information content (AvgIpc) is 3.28. The van der Waals surface area contributed by atoms with Crippen LogP contribution in [0.3, 0.4) is 0 Å². The van der Waals surface area contributed by atoms with E-state index in [0.29, 0.717) is 5.65 Å². The molecule has 3 saturated heterocycles. The summed E-state index contributed by atoms with van der Waals surface area (Å²) in [5.41, 5.74) is 1.19. The molecular weight excluding hydrogens is 348 g/mol. The normalized spacial score (nSPS) is 26.0. The minimum absolute atomic E-state index is 0.000476. The lowest BCUT2D eigenvalue weighted by Gasteiger charge is -2.37. The fraction of sp³-hybridized carbons (Fsp3) is 0.667. The van der Waals surface area contributed by atoms with E-state index in [1.807, 2.05) is 0 Å². The summed E-state index contributed by atoms with van der Waals surface area (Å²) >= 11 is 0. The number of hydrogen-bond acceptors (Lipinski definition) is 8. The van der Waals surface area contributed by atoms with Crippen LogP contribution >= 0.6 is 0 Å². The third-order valence-electron chi connectivity index (χ3n) is 6.11. The van der Waals surface area contributed by atoms with Gasteiger partial charge in [-0.15, -0.1) is 0 Å². The number of esters is 1. The lowest BCUT2D eigenvalue weighted by Crippen LogP contribution is -2.43. The Morgan fingerprint density at radius 3 is 2.78 bits per heavy atom. The van der Waals surface area contributed by atoms with Gasteiger partial charge in [0.05, 0.1) is 25.0 Å². The second-order valence-corrected chi connectivity index (χ2v) is 7.71. The molecule has 0 radical (unpaired) electrons. The van der Waals surface area contributed by atoms with Crippen molar-refractivity contribution in [1.29, 1.82) is 0 Å². The first-order chi connectivity index (χ1) is 13.2. The van der Waals surface area contributed by atoms with Crippen molar-refractivity contribution in [2.45, 2.75) is 25.4 Å². The van der Waals surface area contributed by atoms with Gasteiger partial charge in [0, 0.05) is 39.1 Å². The van der Waals surface area contributed by atoms with Gasteiger partial charge < -0.3 is 19.4 Å². The minimum atomic E-state index is -0.340. The first-order valence-electron chi connectivity index (χ1n) is 9.64. The molecule has 0 aromatic carbocycles. The summed E-state index contributed by atoms with van der Waals surface area (Å²) in [5.74, 6) is 0.846. The number of imidazole rings is 1. The van der Waals surface area contributed by atoms with Gasteiger partial charge in [0.1, 0.15) is 17.9 Å². The Balaban J connectivity index is 1.25. The third kappa shape index (κ3) is 3.04. The number of ether oxygens (including phenoxy) is 2. The largest absolute Gasteiger partial charge is 0.461 e. The number of nitrogens with one attached hydrogen (secondary N) is 1. The number of fused-ring (bicyclic) bond motifs is 1. The monoisotopic (exact) mass is 372 g/mol. The van der Waals surface area contributed by atoms with Gasteiger partial charge in [0.25, 0.3) is 0 Å². The van der Waals surface area contributed by atoms with Gasteiger partial charge >= 0.3 is 5.97 Å². The van der Waals surface area contributed by atoms with E-state index in [-0.39, 0.29) is 17.5 Å². The summed E-state index contributed by atoms with van der Waals surface area (Å²) in [6.07, 6.45) is 5.60. The maximum atomic E-state index is 12.7. The average molecular weight is 372 g/mol. The molecule has 3 fully saturated rings. The summed E-state index contributed by atoms with van der Waals surface area (Å²) in [6.45, 7) is 5.76. The molecule has 3 aliphatic rings. The maximum absolute atomic E-state index is 12.7. The van der Waals surface area contributed by atoms with Crippen LogP contribution in [0.15, 0.2) is 12.7 Å². The van der Waals surface area contributed by atoms with Crippen LogP contribution in [0.4, 0.5) is 5.82 Å². The van der Waals surface area contributed by atoms with Crippen LogP contribution in [0.25, 0.3) is 11.2 Å². The zero-order valence-corrected chi connectivity index (χ0v) is 15.3. The zero-order chi connectivity index (χ0) is 18.3. The van der Waals surface area contributed by atoms with E-state index >= 15 is 0 Å². The number of aromatic amines is 1. The number of hydrogen-bond donors (Lipinski definition) is 1. The van der Waals surface area contributed by atoms with E-state index in [0.717, 1.165) is 76.5 Å². The van der Waals surface area contributed by atoms with Crippen LogP contribution in [-0.2, 0) is 14.3 Å². The smallest absolute Gasteiger partial charge is 0.312 e. The SMILES string of the molecule is O=C1OC(CN2CCOCC2)CC12CCN(c1ncnc3nc[nH]c13)CC2. The molecule has 1 unspecified atom stereocenters. The molecule has 2 aromatic heterocycles. The van der Waals surface area contributed by atoms with Crippen LogP contribution in [0.1, 0.15) is 19.3 Å². The zero-order valence-electron chi connectivity index (χ0n) is 15.3. The molecule has 1 N–H and O–H groups in total. The molecule has 1 atom stereocenters. The molecule has 0 amide bonds. The highest BCUT2D eigenvalue weighted by molar-refractivity contribution is 5.83. The van der Waals surface area contributed by atoms with Crippen molar-refractivity contribution < 1.29 is 14.3 Å². The van der Waals surface area contributed by atoms with Crippen LogP contribution in [0.5, 0.6) is 0 Å². The molecule has 9 heteroatoms. The number of nitrogens with zero attached hydrogens (tertiary/aromatic N) is 5. The fourth-order valence-corrected chi connectivity index (χ4v) is 4.56. The molecule has 0 aliphatic carbocycles. The number of H-pyrrole nitrogens is 1. The van der Waals surface area contributed by atoms with Gasteiger partial charge in [0.2, 0.25) is 0 Å². The highest BCUT2D eigenvalue weighted by Gasteiger charge is 2.50. The Bertz CT molecular complexity index is 825. The molecule has 2 aromatic rings. The van der Waals surface area contributed by atoms with E-state index in [1.54, 1.807) is 12.7 Å². The van der Waals surface area contributed by atoms with Crippen LogP contribution < -0.4 is 4.90 Å². The number of cyclic esters (lactones) is 1. The fourth-order valence-electron chi connectivity index (χ4n) is 4.56. The Kier molecular flexibility index (Phi) is 4.20. The Hall–Kier alpha value is -2.26. The molecule has 27 heavy (non-hydrogen) atoms. The predicted octanol–water partition coefficient (Wildman–Crippen LogP) is 0.587. The summed E-state index contributed by atoms with van der Waals surface area (Å²) < 4.78 is 11.2. The number of morpholine rings is 1. The first-order valence-corrected chi connectivity index (χ1v) is 9.64. The molecule has 0 bridgehead atoms. The van der Waals surface area contributed by atoms with E-state index in [1.165, 1.54) is 0 Å². The summed E-state index contributed by atoms with van der Waals surface area (Å²) in [5, 5.41) is 0. The molecule has 5 heterocycles. The molecule has 1 spiro atoms. The lowest BCUT2D eigenvalue weighted by atomic mass is 9.76. The highest BCUT2D eigenvalue weighted by Crippen LogP contribution is 2.44. The maximum Gasteiger partial charge on any atom is 0.312 e.